The van der Waals surface area contributed by atoms with Gasteiger partial charge >= 0.3 is 6.03 Å². The fourth-order valence-electron chi connectivity index (χ4n) is 3.59. The molecular weight excluding hydrogens is 300 g/mol. The van der Waals surface area contributed by atoms with Gasteiger partial charge in [-0.15, -0.1) is 0 Å². The zero-order chi connectivity index (χ0) is 16.2. The summed E-state index contributed by atoms with van der Waals surface area (Å²) in [6.07, 6.45) is 3.47. The number of urea groups is 1. The molecule has 1 N–H and O–H groups in total. The molecule has 8 heteroatoms. The lowest BCUT2D eigenvalue weighted by atomic mass is 9.94. The molecule has 0 aromatic carbocycles. The van der Waals surface area contributed by atoms with E-state index in [-0.39, 0.29) is 18.2 Å². The number of nitrogens with zero attached hydrogens (tertiary/aromatic N) is 3. The molecule has 0 spiro atoms. The van der Waals surface area contributed by atoms with Gasteiger partial charge < -0.3 is 19.7 Å². The Labute approximate surface area is 135 Å². The van der Waals surface area contributed by atoms with Crippen molar-refractivity contribution in [2.45, 2.75) is 44.9 Å². The van der Waals surface area contributed by atoms with Crippen molar-refractivity contribution in [3.05, 3.63) is 11.4 Å². The van der Waals surface area contributed by atoms with E-state index < -0.39 is 0 Å². The Morgan fingerprint density at radius 2 is 2.30 bits per heavy atom. The lowest BCUT2D eigenvalue weighted by Crippen LogP contribution is -2.56. The van der Waals surface area contributed by atoms with Gasteiger partial charge in [0.15, 0.2) is 0 Å². The van der Waals surface area contributed by atoms with Crippen LogP contribution < -0.4 is 5.32 Å². The van der Waals surface area contributed by atoms with Crippen molar-refractivity contribution in [3.8, 4) is 0 Å². The fraction of sp³-hybridized carbons (Fsp3) is 0.800. The molecule has 1 saturated carbocycles. The first-order valence-electron chi connectivity index (χ1n) is 8.13. The van der Waals surface area contributed by atoms with Gasteiger partial charge in [-0.2, -0.15) is 0 Å². The Morgan fingerprint density at radius 1 is 1.43 bits per heavy atom. The second-order valence-corrected chi connectivity index (χ2v) is 6.16. The monoisotopic (exact) mass is 324 g/mol. The van der Waals surface area contributed by atoms with Crippen molar-refractivity contribution in [3.63, 3.8) is 0 Å². The van der Waals surface area contributed by atoms with Gasteiger partial charge in [-0.05, 0) is 19.8 Å². The number of hydrogen-bond donors (Lipinski definition) is 1. The lowest BCUT2D eigenvalue weighted by Gasteiger charge is -2.40. The minimum Gasteiger partial charge on any atom is -0.381 e. The first kappa shape index (κ1) is 16.2. The number of amides is 2. The van der Waals surface area contributed by atoms with Gasteiger partial charge in [0, 0.05) is 19.6 Å². The maximum Gasteiger partial charge on any atom is 0.318 e. The Balaban J connectivity index is 1.63. The third-order valence-electron chi connectivity index (χ3n) is 4.88. The van der Waals surface area contributed by atoms with E-state index in [2.05, 4.69) is 20.3 Å². The van der Waals surface area contributed by atoms with Crippen LogP contribution in [0.1, 0.15) is 30.7 Å². The Hall–Kier alpha value is -1.67. The second-order valence-electron chi connectivity index (χ2n) is 6.16. The van der Waals surface area contributed by atoms with Crippen LogP contribution >= 0.6 is 0 Å². The maximum atomic E-state index is 12.6. The first-order chi connectivity index (χ1) is 11.2. The second kappa shape index (κ2) is 7.27. The Kier molecular flexibility index (Phi) is 5.12. The number of carbonyl (C=O) groups excluding carboxylic acids is 1. The Morgan fingerprint density at radius 3 is 3.04 bits per heavy atom. The molecule has 8 nitrogen and oxygen atoms in total. The molecular formula is C15H24N4O4. The fourth-order valence-corrected chi connectivity index (χ4v) is 3.59. The molecule has 3 unspecified atom stereocenters. The number of aromatic nitrogens is 2. The van der Waals surface area contributed by atoms with Gasteiger partial charge in [0.2, 0.25) is 0 Å². The molecule has 3 rings (SSSR count). The summed E-state index contributed by atoms with van der Waals surface area (Å²) in [5.74, 6) is 0.335. The van der Waals surface area contributed by atoms with Crippen molar-refractivity contribution in [1.29, 1.82) is 0 Å². The summed E-state index contributed by atoms with van der Waals surface area (Å²) >= 11 is 0. The number of hydrogen-bond acceptors (Lipinski definition) is 6. The van der Waals surface area contributed by atoms with E-state index in [0.29, 0.717) is 43.6 Å². The summed E-state index contributed by atoms with van der Waals surface area (Å²) in [4.78, 5) is 14.5. The minimum atomic E-state index is -0.0950. The molecule has 23 heavy (non-hydrogen) atoms. The number of aryl methyl sites for hydroxylation is 1. The molecule has 0 radical (unpaired) electrons. The smallest absolute Gasteiger partial charge is 0.318 e. The van der Waals surface area contributed by atoms with E-state index in [4.69, 9.17) is 9.47 Å². The summed E-state index contributed by atoms with van der Waals surface area (Å²) in [6, 6.07) is -0.0322. The van der Waals surface area contributed by atoms with Crippen molar-refractivity contribution in [2.24, 2.45) is 5.92 Å². The van der Waals surface area contributed by atoms with Crippen molar-refractivity contribution in [2.75, 3.05) is 26.9 Å². The lowest BCUT2D eigenvalue weighted by molar-refractivity contribution is -0.0399. The van der Waals surface area contributed by atoms with E-state index in [1.165, 1.54) is 0 Å². The first-order valence-corrected chi connectivity index (χ1v) is 8.13. The van der Waals surface area contributed by atoms with Gasteiger partial charge in [0.05, 0.1) is 31.9 Å². The van der Waals surface area contributed by atoms with Crippen molar-refractivity contribution < 1.29 is 18.9 Å². The zero-order valence-corrected chi connectivity index (χ0v) is 13.7. The van der Waals surface area contributed by atoms with E-state index in [9.17, 15) is 4.79 Å². The van der Waals surface area contributed by atoms with Crippen LogP contribution in [0.3, 0.4) is 0 Å². The van der Waals surface area contributed by atoms with Crippen molar-refractivity contribution in [1.82, 2.24) is 20.5 Å². The third kappa shape index (κ3) is 3.48. The molecule has 2 aliphatic rings. The predicted octanol–water partition coefficient (Wildman–Crippen LogP) is 1.10. The normalized spacial score (nSPS) is 28.1. The van der Waals surface area contributed by atoms with Crippen LogP contribution in [-0.4, -0.2) is 60.3 Å². The number of methoxy groups -OCH3 is 1. The number of carbonyl (C=O) groups is 1. The van der Waals surface area contributed by atoms with Crippen LogP contribution in [0.5, 0.6) is 0 Å². The molecule has 2 fully saturated rings. The van der Waals surface area contributed by atoms with Gasteiger partial charge in [0.25, 0.3) is 0 Å². The molecule has 1 aromatic heterocycles. The Bertz CT molecular complexity index is 535. The van der Waals surface area contributed by atoms with Crippen LogP contribution in [0, 0.1) is 12.8 Å². The highest BCUT2D eigenvalue weighted by Crippen LogP contribution is 2.34. The molecule has 2 amide bonds. The van der Waals surface area contributed by atoms with Crippen LogP contribution in [0.15, 0.2) is 4.63 Å². The summed E-state index contributed by atoms with van der Waals surface area (Å²) < 4.78 is 15.9. The van der Waals surface area contributed by atoms with Gasteiger partial charge in [0.1, 0.15) is 11.4 Å². The number of nitrogens with one attached hydrogen (secondary N) is 1. The summed E-state index contributed by atoms with van der Waals surface area (Å²) in [7, 11) is 1.75. The minimum absolute atomic E-state index is 0.0627. The zero-order valence-electron chi connectivity index (χ0n) is 13.7. The highest BCUT2D eigenvalue weighted by molar-refractivity contribution is 5.74. The molecule has 1 saturated heterocycles. The summed E-state index contributed by atoms with van der Waals surface area (Å²) in [5.41, 5.74) is 1.35. The highest BCUT2D eigenvalue weighted by Gasteiger charge is 2.40. The number of ether oxygens (including phenoxy) is 2. The third-order valence-corrected chi connectivity index (χ3v) is 4.88. The molecule has 1 aliphatic carbocycles. The van der Waals surface area contributed by atoms with E-state index in [1.807, 2.05) is 4.90 Å². The molecule has 1 aliphatic heterocycles. The molecule has 2 heterocycles. The van der Waals surface area contributed by atoms with Crippen LogP contribution in [0.25, 0.3) is 0 Å². The van der Waals surface area contributed by atoms with Gasteiger partial charge in [-0.25, -0.2) is 9.42 Å². The van der Waals surface area contributed by atoms with Crippen LogP contribution in [0.2, 0.25) is 0 Å². The summed E-state index contributed by atoms with van der Waals surface area (Å²) in [6.45, 7) is 3.86. The standard InChI is InChI=1S/C15H24N4O4/c1-10-12(18-23-17-10)8-16-15(20)19-6-7-22-9-13(19)11-4-3-5-14(11)21-2/h11,13-14H,3-9H2,1-2H3,(H,16,20). The van der Waals surface area contributed by atoms with Crippen LogP contribution in [0.4, 0.5) is 4.79 Å². The molecule has 128 valence electrons. The van der Waals surface area contributed by atoms with Crippen LogP contribution in [-0.2, 0) is 16.0 Å². The van der Waals surface area contributed by atoms with Gasteiger partial charge in [-0.3, -0.25) is 0 Å². The van der Waals surface area contributed by atoms with Crippen molar-refractivity contribution >= 4 is 6.03 Å². The predicted molar refractivity (Wildman–Crippen MR) is 80.7 cm³/mol. The highest BCUT2D eigenvalue weighted by atomic mass is 16.6. The molecule has 3 atom stereocenters. The largest absolute Gasteiger partial charge is 0.381 e. The quantitative estimate of drug-likeness (QED) is 0.892. The average Bonchev–Trinajstić information content (AvgIpc) is 3.21. The number of rotatable bonds is 4. The topological polar surface area (TPSA) is 89.7 Å². The van der Waals surface area contributed by atoms with E-state index in [0.717, 1.165) is 19.3 Å². The number of morpholine rings is 1. The molecule has 1 aromatic rings. The maximum absolute atomic E-state index is 12.6. The van der Waals surface area contributed by atoms with Gasteiger partial charge in [-0.1, -0.05) is 16.7 Å². The van der Waals surface area contributed by atoms with E-state index >= 15 is 0 Å². The SMILES string of the molecule is COC1CCCC1C1COCCN1C(=O)NCc1nonc1C. The average molecular weight is 324 g/mol. The summed E-state index contributed by atoms with van der Waals surface area (Å²) in [5, 5.41) is 10.4. The van der Waals surface area contributed by atoms with E-state index in [1.54, 1.807) is 14.0 Å². The molecule has 0 bridgehead atoms.